The van der Waals surface area contributed by atoms with Crippen LogP contribution >= 0.6 is 11.6 Å². The predicted molar refractivity (Wildman–Crippen MR) is 125 cm³/mol. The summed E-state index contributed by atoms with van der Waals surface area (Å²) in [6, 6.07) is 22.4. The molecule has 4 rings (SSSR count). The van der Waals surface area contributed by atoms with E-state index in [9.17, 15) is 9.59 Å². The Morgan fingerprint density at radius 2 is 1.84 bits per heavy atom. The van der Waals surface area contributed by atoms with Gasteiger partial charge in [-0.1, -0.05) is 60.1 Å². The molecule has 0 unspecified atom stereocenters. The monoisotopic (exact) mass is 448 g/mol. The second-order valence-corrected chi connectivity index (χ2v) is 8.56. The third-order valence-electron chi connectivity index (χ3n) is 5.97. The largest absolute Gasteiger partial charge is 0.496 e. The van der Waals surface area contributed by atoms with Gasteiger partial charge >= 0.3 is 0 Å². The number of carbonyl (C=O) groups is 2. The van der Waals surface area contributed by atoms with Crippen LogP contribution in [-0.4, -0.2) is 29.4 Å². The Morgan fingerprint density at radius 3 is 2.62 bits per heavy atom. The van der Waals surface area contributed by atoms with E-state index < -0.39 is 5.54 Å². The zero-order chi connectivity index (χ0) is 22.7. The van der Waals surface area contributed by atoms with Crippen LogP contribution in [0, 0.1) is 0 Å². The highest BCUT2D eigenvalue weighted by atomic mass is 35.5. The normalized spacial score (nSPS) is 17.6. The maximum absolute atomic E-state index is 13.5. The molecule has 3 aromatic rings. The van der Waals surface area contributed by atoms with E-state index in [1.165, 1.54) is 0 Å². The summed E-state index contributed by atoms with van der Waals surface area (Å²) in [5.41, 5.74) is 2.18. The Balaban J connectivity index is 1.65. The number of hydrogen-bond donors (Lipinski definition) is 1. The van der Waals surface area contributed by atoms with E-state index in [2.05, 4.69) is 5.32 Å². The van der Waals surface area contributed by atoms with Crippen LogP contribution in [0.3, 0.4) is 0 Å². The lowest BCUT2D eigenvalue weighted by Gasteiger charge is -2.44. The Morgan fingerprint density at radius 1 is 1.09 bits per heavy atom. The zero-order valence-electron chi connectivity index (χ0n) is 18.1. The Kier molecular flexibility index (Phi) is 6.19. The lowest BCUT2D eigenvalue weighted by atomic mass is 9.82. The van der Waals surface area contributed by atoms with Gasteiger partial charge in [0.2, 0.25) is 5.91 Å². The van der Waals surface area contributed by atoms with Gasteiger partial charge in [0.05, 0.1) is 7.11 Å². The minimum atomic E-state index is -1.06. The van der Waals surface area contributed by atoms with E-state index in [1.54, 1.807) is 18.1 Å². The predicted octanol–water partition coefficient (Wildman–Crippen LogP) is 4.62. The van der Waals surface area contributed by atoms with Crippen molar-refractivity contribution in [3.05, 3.63) is 100 Å². The number of nitrogens with zero attached hydrogens (tertiary/aromatic N) is 1. The zero-order valence-corrected chi connectivity index (χ0v) is 18.9. The van der Waals surface area contributed by atoms with Crippen molar-refractivity contribution >= 4 is 23.4 Å². The van der Waals surface area contributed by atoms with Gasteiger partial charge in [0.15, 0.2) is 0 Å². The second-order valence-electron chi connectivity index (χ2n) is 8.12. The first-order chi connectivity index (χ1) is 15.4. The van der Waals surface area contributed by atoms with Crippen molar-refractivity contribution in [3.8, 4) is 5.75 Å². The van der Waals surface area contributed by atoms with E-state index in [4.69, 9.17) is 16.3 Å². The highest BCUT2D eigenvalue weighted by Crippen LogP contribution is 2.33. The Bertz CT molecular complexity index is 1160. The quantitative estimate of drug-likeness (QED) is 0.598. The summed E-state index contributed by atoms with van der Waals surface area (Å²) >= 11 is 6.17. The van der Waals surface area contributed by atoms with Gasteiger partial charge in [-0.2, -0.15) is 0 Å². The Hall–Kier alpha value is -3.31. The van der Waals surface area contributed by atoms with Gasteiger partial charge in [0.1, 0.15) is 11.3 Å². The second kappa shape index (κ2) is 9.05. The van der Waals surface area contributed by atoms with E-state index in [0.29, 0.717) is 29.3 Å². The van der Waals surface area contributed by atoms with Gasteiger partial charge in [-0.25, -0.2) is 0 Å². The van der Waals surface area contributed by atoms with E-state index in [-0.39, 0.29) is 18.4 Å². The van der Waals surface area contributed by atoms with Crippen LogP contribution in [0.5, 0.6) is 5.75 Å². The minimum absolute atomic E-state index is 0.165. The van der Waals surface area contributed by atoms with Crippen LogP contribution < -0.4 is 10.1 Å². The van der Waals surface area contributed by atoms with Crippen LogP contribution in [-0.2, 0) is 24.3 Å². The standard InChI is InChI=1S/C26H25ClN2O3/c1-26(25(31)28-16-20-10-4-6-13-23(20)32-2)15-19-9-3-5-12-22(19)24(30)29(26)17-18-8-7-11-21(27)14-18/h3-14H,15-17H2,1-2H3,(H,28,31)/t26-/m0/s1. The summed E-state index contributed by atoms with van der Waals surface area (Å²) in [5, 5.41) is 3.62. The number of ether oxygens (including phenoxy) is 1. The molecule has 1 aliphatic rings. The molecule has 6 heteroatoms. The fraction of sp³-hybridized carbons (Fsp3) is 0.231. The molecular formula is C26H25ClN2O3. The first kappa shape index (κ1) is 21.9. The third-order valence-corrected chi connectivity index (χ3v) is 6.21. The molecular weight excluding hydrogens is 424 g/mol. The molecule has 2 amide bonds. The number of halogens is 1. The molecule has 0 aromatic heterocycles. The lowest BCUT2D eigenvalue weighted by molar-refractivity contribution is -0.132. The number of rotatable bonds is 6. The van der Waals surface area contributed by atoms with E-state index >= 15 is 0 Å². The Labute approximate surface area is 193 Å². The van der Waals surface area contributed by atoms with Gasteiger partial charge < -0.3 is 15.0 Å². The molecule has 1 N–H and O–H groups in total. The summed E-state index contributed by atoms with van der Waals surface area (Å²) in [6.07, 6.45) is 0.424. The summed E-state index contributed by atoms with van der Waals surface area (Å²) < 4.78 is 5.39. The molecule has 0 saturated heterocycles. The summed E-state index contributed by atoms with van der Waals surface area (Å²) in [4.78, 5) is 28.7. The molecule has 32 heavy (non-hydrogen) atoms. The van der Waals surface area contributed by atoms with Gasteiger partial charge in [-0.3, -0.25) is 9.59 Å². The number of methoxy groups -OCH3 is 1. The van der Waals surface area contributed by atoms with Crippen molar-refractivity contribution in [1.29, 1.82) is 0 Å². The van der Waals surface area contributed by atoms with Crippen molar-refractivity contribution < 1.29 is 14.3 Å². The molecule has 1 aliphatic heterocycles. The number of nitrogens with one attached hydrogen (secondary N) is 1. The molecule has 0 radical (unpaired) electrons. The van der Waals surface area contributed by atoms with Crippen LogP contribution in [0.1, 0.15) is 34.0 Å². The topological polar surface area (TPSA) is 58.6 Å². The highest BCUT2D eigenvalue weighted by Gasteiger charge is 2.46. The fourth-order valence-electron chi connectivity index (χ4n) is 4.20. The minimum Gasteiger partial charge on any atom is -0.496 e. The smallest absolute Gasteiger partial charge is 0.255 e. The van der Waals surface area contributed by atoms with Crippen molar-refractivity contribution in [3.63, 3.8) is 0 Å². The average molecular weight is 449 g/mol. The van der Waals surface area contributed by atoms with Gasteiger partial charge in [-0.05, 0) is 42.3 Å². The molecule has 0 aliphatic carbocycles. The summed E-state index contributed by atoms with van der Waals surface area (Å²) in [6.45, 7) is 2.41. The molecule has 3 aromatic carbocycles. The first-order valence-corrected chi connectivity index (χ1v) is 10.8. The third kappa shape index (κ3) is 4.21. The first-order valence-electron chi connectivity index (χ1n) is 10.5. The molecule has 0 saturated carbocycles. The van der Waals surface area contributed by atoms with Gasteiger partial charge in [0.25, 0.3) is 5.91 Å². The maximum atomic E-state index is 13.5. The fourth-order valence-corrected chi connectivity index (χ4v) is 4.41. The molecule has 164 valence electrons. The van der Waals surface area contributed by atoms with Crippen molar-refractivity contribution in [1.82, 2.24) is 10.2 Å². The number of para-hydroxylation sites is 1. The van der Waals surface area contributed by atoms with Crippen LogP contribution in [0.4, 0.5) is 0 Å². The van der Waals surface area contributed by atoms with Crippen molar-refractivity contribution in [2.24, 2.45) is 0 Å². The number of benzene rings is 3. The van der Waals surface area contributed by atoms with Crippen molar-refractivity contribution in [2.75, 3.05) is 7.11 Å². The maximum Gasteiger partial charge on any atom is 0.255 e. The molecule has 0 spiro atoms. The highest BCUT2D eigenvalue weighted by molar-refractivity contribution is 6.30. The van der Waals surface area contributed by atoms with E-state index in [1.807, 2.05) is 73.7 Å². The van der Waals surface area contributed by atoms with Crippen LogP contribution in [0.2, 0.25) is 5.02 Å². The number of carbonyl (C=O) groups excluding carboxylic acids is 2. The average Bonchev–Trinajstić information content (AvgIpc) is 2.80. The molecule has 1 heterocycles. The number of fused-ring (bicyclic) bond motifs is 1. The van der Waals surface area contributed by atoms with E-state index in [0.717, 1.165) is 16.7 Å². The number of amides is 2. The van der Waals surface area contributed by atoms with Crippen LogP contribution in [0.25, 0.3) is 0 Å². The molecule has 0 bridgehead atoms. The molecule has 0 fully saturated rings. The SMILES string of the molecule is COc1ccccc1CNC(=O)[C@]1(C)Cc2ccccc2C(=O)N1Cc1cccc(Cl)c1. The van der Waals surface area contributed by atoms with Crippen molar-refractivity contribution in [2.45, 2.75) is 32.0 Å². The molecule has 1 atom stereocenters. The summed E-state index contributed by atoms with van der Waals surface area (Å²) in [7, 11) is 1.60. The number of hydrogen-bond acceptors (Lipinski definition) is 3. The van der Waals surface area contributed by atoms with Crippen LogP contribution in [0.15, 0.2) is 72.8 Å². The summed E-state index contributed by atoms with van der Waals surface area (Å²) in [5.74, 6) is 0.328. The molecule has 5 nitrogen and oxygen atoms in total. The van der Waals surface area contributed by atoms with Gasteiger partial charge in [-0.15, -0.1) is 0 Å². The van der Waals surface area contributed by atoms with Gasteiger partial charge in [0, 0.05) is 35.7 Å². The lowest BCUT2D eigenvalue weighted by Crippen LogP contribution is -2.62.